The van der Waals surface area contributed by atoms with Crippen LogP contribution in [0.2, 0.25) is 0 Å². The summed E-state index contributed by atoms with van der Waals surface area (Å²) in [6.45, 7) is 0. The van der Waals surface area contributed by atoms with Crippen LogP contribution in [0.5, 0.6) is 0 Å². The molecule has 1 aliphatic rings. The van der Waals surface area contributed by atoms with Crippen molar-refractivity contribution in [2.45, 2.75) is 24.7 Å². The Hall–Kier alpha value is -0.380. The van der Waals surface area contributed by atoms with Gasteiger partial charge in [-0.05, 0) is 0 Å². The molecule has 1 rings (SSSR count). The average molecular weight is 130 g/mol. The summed E-state index contributed by atoms with van der Waals surface area (Å²) in [6, 6.07) is 0. The minimum Gasteiger partial charge on any atom is -0.390 e. The number of aliphatic hydroxyl groups is 3. The molecule has 0 amide bonds. The first-order chi connectivity index (χ1) is 4.20. The Morgan fingerprint density at radius 3 is 2.22 bits per heavy atom. The predicted molar refractivity (Wildman–Crippen MR) is 31.8 cm³/mol. The van der Waals surface area contributed by atoms with Gasteiger partial charge in [-0.3, -0.25) is 0 Å². The first-order valence-corrected chi connectivity index (χ1v) is 2.92. The number of hydrogen-bond acceptors (Lipinski definition) is 3. The minimum atomic E-state index is -0.801. The summed E-state index contributed by atoms with van der Waals surface area (Å²) >= 11 is 0. The Bertz CT molecular complexity index is 121. The van der Waals surface area contributed by atoms with Crippen LogP contribution in [0, 0.1) is 0 Å². The summed E-state index contributed by atoms with van der Waals surface area (Å²) in [7, 11) is 0. The lowest BCUT2D eigenvalue weighted by molar-refractivity contribution is 0.0101. The normalized spacial score (nSPS) is 43.2. The standard InChI is InChI=1S/C6H10O3/c7-4-1-2-5(8)6(9)3-4/h1-2,4-9H,3H2/t4-,5+,6+/m0/s1. The second-order valence-electron chi connectivity index (χ2n) is 2.25. The molecule has 0 saturated heterocycles. The van der Waals surface area contributed by atoms with E-state index in [2.05, 4.69) is 0 Å². The lowest BCUT2D eigenvalue weighted by Gasteiger charge is -2.20. The van der Waals surface area contributed by atoms with Crippen LogP contribution in [0.25, 0.3) is 0 Å². The van der Waals surface area contributed by atoms with Crippen molar-refractivity contribution in [1.29, 1.82) is 0 Å². The van der Waals surface area contributed by atoms with Crippen molar-refractivity contribution in [1.82, 2.24) is 0 Å². The fourth-order valence-electron chi connectivity index (χ4n) is 0.836. The van der Waals surface area contributed by atoms with Crippen molar-refractivity contribution in [3.8, 4) is 0 Å². The summed E-state index contributed by atoms with van der Waals surface area (Å²) in [5.41, 5.74) is 0. The molecule has 1 aliphatic carbocycles. The molecule has 0 bridgehead atoms. The smallest absolute Gasteiger partial charge is 0.0981 e. The number of hydrogen-bond donors (Lipinski definition) is 3. The molecule has 9 heavy (non-hydrogen) atoms. The summed E-state index contributed by atoms with van der Waals surface area (Å²) < 4.78 is 0. The molecule has 0 spiro atoms. The molecule has 3 heteroatoms. The van der Waals surface area contributed by atoms with Gasteiger partial charge in [-0.25, -0.2) is 0 Å². The SMILES string of the molecule is O[C@@H]1C=C[C@H](O)C[C@H]1O. The molecule has 0 saturated carbocycles. The molecule has 3 atom stereocenters. The summed E-state index contributed by atoms with van der Waals surface area (Å²) in [5.74, 6) is 0. The van der Waals surface area contributed by atoms with Gasteiger partial charge in [0.05, 0.1) is 18.3 Å². The fraction of sp³-hybridized carbons (Fsp3) is 0.667. The van der Waals surface area contributed by atoms with Crippen LogP contribution in [0.1, 0.15) is 6.42 Å². The molecule has 0 fully saturated rings. The molecule has 0 aromatic rings. The van der Waals surface area contributed by atoms with Crippen molar-refractivity contribution >= 4 is 0 Å². The monoisotopic (exact) mass is 130 g/mol. The zero-order valence-corrected chi connectivity index (χ0v) is 4.94. The van der Waals surface area contributed by atoms with Gasteiger partial charge in [0, 0.05) is 6.42 Å². The third kappa shape index (κ3) is 1.51. The predicted octanol–water partition coefficient (Wildman–Crippen LogP) is -0.971. The van der Waals surface area contributed by atoms with E-state index in [-0.39, 0.29) is 6.42 Å². The second kappa shape index (κ2) is 2.47. The van der Waals surface area contributed by atoms with E-state index >= 15 is 0 Å². The molecular formula is C6H10O3. The van der Waals surface area contributed by atoms with Crippen molar-refractivity contribution in [2.75, 3.05) is 0 Å². The highest BCUT2D eigenvalue weighted by Gasteiger charge is 2.20. The van der Waals surface area contributed by atoms with Gasteiger partial charge in [-0.15, -0.1) is 0 Å². The highest BCUT2D eigenvalue weighted by Crippen LogP contribution is 2.11. The van der Waals surface area contributed by atoms with E-state index in [1.54, 1.807) is 0 Å². The molecule has 0 heterocycles. The van der Waals surface area contributed by atoms with Crippen molar-refractivity contribution in [3.05, 3.63) is 12.2 Å². The second-order valence-corrected chi connectivity index (χ2v) is 2.25. The largest absolute Gasteiger partial charge is 0.390 e. The first kappa shape index (κ1) is 6.74. The van der Waals surface area contributed by atoms with E-state index in [1.165, 1.54) is 12.2 Å². The van der Waals surface area contributed by atoms with Crippen LogP contribution in [0.4, 0.5) is 0 Å². The van der Waals surface area contributed by atoms with Gasteiger partial charge in [-0.2, -0.15) is 0 Å². The highest BCUT2D eigenvalue weighted by molar-refractivity contribution is 5.02. The Labute approximate surface area is 53.3 Å². The Morgan fingerprint density at radius 1 is 1.11 bits per heavy atom. The average Bonchev–Trinajstić information content (AvgIpc) is 1.80. The maximum Gasteiger partial charge on any atom is 0.0981 e. The molecular weight excluding hydrogens is 120 g/mol. The van der Waals surface area contributed by atoms with Gasteiger partial charge >= 0.3 is 0 Å². The third-order valence-electron chi connectivity index (χ3n) is 1.41. The minimum absolute atomic E-state index is 0.234. The highest BCUT2D eigenvalue weighted by atomic mass is 16.3. The van der Waals surface area contributed by atoms with Crippen LogP contribution >= 0.6 is 0 Å². The van der Waals surface area contributed by atoms with Gasteiger partial charge in [0.25, 0.3) is 0 Å². The van der Waals surface area contributed by atoms with E-state index in [0.717, 1.165) is 0 Å². The topological polar surface area (TPSA) is 60.7 Å². The third-order valence-corrected chi connectivity index (χ3v) is 1.41. The zero-order valence-electron chi connectivity index (χ0n) is 4.94. The van der Waals surface area contributed by atoms with Gasteiger partial charge in [-0.1, -0.05) is 12.2 Å². The van der Waals surface area contributed by atoms with E-state index in [1.807, 2.05) is 0 Å². The van der Waals surface area contributed by atoms with Crippen LogP contribution in [0.15, 0.2) is 12.2 Å². The molecule has 0 aromatic carbocycles. The van der Waals surface area contributed by atoms with E-state index in [9.17, 15) is 0 Å². The van der Waals surface area contributed by atoms with E-state index in [0.29, 0.717) is 0 Å². The van der Waals surface area contributed by atoms with Crippen LogP contribution in [0.3, 0.4) is 0 Å². The maximum absolute atomic E-state index is 8.89. The first-order valence-electron chi connectivity index (χ1n) is 2.92. The van der Waals surface area contributed by atoms with Crippen LogP contribution in [-0.4, -0.2) is 33.6 Å². The van der Waals surface area contributed by atoms with Gasteiger partial charge in [0.1, 0.15) is 0 Å². The van der Waals surface area contributed by atoms with Crippen LogP contribution < -0.4 is 0 Å². The molecule has 0 radical (unpaired) electrons. The summed E-state index contributed by atoms with van der Waals surface area (Å²) in [5, 5.41) is 26.6. The van der Waals surface area contributed by atoms with Gasteiger partial charge < -0.3 is 15.3 Å². The Balaban J connectivity index is 2.54. The van der Waals surface area contributed by atoms with Crippen LogP contribution in [-0.2, 0) is 0 Å². The molecule has 0 aromatic heterocycles. The van der Waals surface area contributed by atoms with Gasteiger partial charge in [0.2, 0.25) is 0 Å². The molecule has 0 unspecified atom stereocenters. The summed E-state index contributed by atoms with van der Waals surface area (Å²) in [4.78, 5) is 0. The molecule has 3 N–H and O–H groups in total. The number of rotatable bonds is 0. The van der Waals surface area contributed by atoms with E-state index < -0.39 is 18.3 Å². The quantitative estimate of drug-likeness (QED) is 0.370. The number of aliphatic hydroxyl groups excluding tert-OH is 3. The maximum atomic E-state index is 8.89. The Kier molecular flexibility index (Phi) is 1.85. The molecule has 0 aliphatic heterocycles. The lowest BCUT2D eigenvalue weighted by atomic mass is 10.00. The van der Waals surface area contributed by atoms with Gasteiger partial charge in [0.15, 0.2) is 0 Å². The van der Waals surface area contributed by atoms with Crippen molar-refractivity contribution in [3.63, 3.8) is 0 Å². The fourth-order valence-corrected chi connectivity index (χ4v) is 0.836. The molecule has 3 nitrogen and oxygen atoms in total. The molecule has 52 valence electrons. The van der Waals surface area contributed by atoms with E-state index in [4.69, 9.17) is 15.3 Å². The summed E-state index contributed by atoms with van der Waals surface area (Å²) in [6.07, 6.45) is 0.926. The Morgan fingerprint density at radius 2 is 1.78 bits per heavy atom. The lowest BCUT2D eigenvalue weighted by Crippen LogP contribution is -2.31. The van der Waals surface area contributed by atoms with Crippen molar-refractivity contribution in [2.24, 2.45) is 0 Å². The zero-order chi connectivity index (χ0) is 6.85. The van der Waals surface area contributed by atoms with Crippen molar-refractivity contribution < 1.29 is 15.3 Å².